The number of hydrogen-bond donors (Lipinski definition) is 1. The number of amides is 1. The smallest absolute Gasteiger partial charge is 0.375 e. The number of hydrogen-bond acceptors (Lipinski definition) is 4. The summed E-state index contributed by atoms with van der Waals surface area (Å²) in [5.41, 5.74) is 1.33. The minimum absolute atomic E-state index is 0.145. The van der Waals surface area contributed by atoms with Crippen molar-refractivity contribution in [1.29, 1.82) is 0 Å². The number of carbonyl (C=O) groups is 2. The Morgan fingerprint density at radius 1 is 1.32 bits per heavy atom. The lowest BCUT2D eigenvalue weighted by atomic mass is 9.86. The molecule has 3 rings (SSSR count). The lowest BCUT2D eigenvalue weighted by Crippen LogP contribution is -2.42. The topological polar surface area (TPSA) is 68.5 Å². The minimum Gasteiger partial charge on any atom is -0.450 e. The predicted octanol–water partition coefficient (Wildman–Crippen LogP) is 4.36. The second-order valence-corrected chi connectivity index (χ2v) is 7.62. The third kappa shape index (κ3) is 4.06. The first-order valence-electron chi connectivity index (χ1n) is 8.61. The van der Waals surface area contributed by atoms with Crippen molar-refractivity contribution in [3.63, 3.8) is 0 Å². The van der Waals surface area contributed by atoms with Gasteiger partial charge in [0, 0.05) is 21.5 Å². The van der Waals surface area contributed by atoms with Crippen LogP contribution in [0.15, 0.2) is 27.1 Å². The zero-order chi connectivity index (χ0) is 18.0. The van der Waals surface area contributed by atoms with Gasteiger partial charge in [-0.2, -0.15) is 0 Å². The lowest BCUT2D eigenvalue weighted by Gasteiger charge is -2.29. The maximum atomic E-state index is 12.3. The Morgan fingerprint density at radius 2 is 2.08 bits per heavy atom. The molecular formula is C19H22BrNO4. The quantitative estimate of drug-likeness (QED) is 0.764. The number of rotatable bonds is 4. The van der Waals surface area contributed by atoms with Crippen LogP contribution in [0.2, 0.25) is 0 Å². The normalized spacial score (nSPS) is 20.4. The summed E-state index contributed by atoms with van der Waals surface area (Å²) in [6, 6.07) is 5.70. The van der Waals surface area contributed by atoms with Gasteiger partial charge in [0.05, 0.1) is 0 Å². The Kier molecular flexibility index (Phi) is 5.47. The van der Waals surface area contributed by atoms with Crippen LogP contribution in [0.5, 0.6) is 0 Å². The first-order chi connectivity index (χ1) is 12.0. The predicted molar refractivity (Wildman–Crippen MR) is 98.5 cm³/mol. The molecule has 1 aromatic heterocycles. The third-order valence-corrected chi connectivity index (χ3v) is 5.37. The van der Waals surface area contributed by atoms with E-state index < -0.39 is 5.97 Å². The van der Waals surface area contributed by atoms with Crippen molar-refractivity contribution in [3.05, 3.63) is 34.0 Å². The van der Waals surface area contributed by atoms with Gasteiger partial charge in [0.1, 0.15) is 5.58 Å². The number of nitrogens with one attached hydrogen (secondary N) is 1. The van der Waals surface area contributed by atoms with Crippen LogP contribution >= 0.6 is 15.9 Å². The van der Waals surface area contributed by atoms with Crippen molar-refractivity contribution in [2.75, 3.05) is 6.61 Å². The first-order valence-corrected chi connectivity index (χ1v) is 9.40. The van der Waals surface area contributed by atoms with E-state index >= 15 is 0 Å². The van der Waals surface area contributed by atoms with Crippen molar-refractivity contribution < 1.29 is 18.7 Å². The van der Waals surface area contributed by atoms with Gasteiger partial charge in [0.25, 0.3) is 5.91 Å². The molecule has 0 saturated heterocycles. The molecule has 1 aliphatic carbocycles. The van der Waals surface area contributed by atoms with E-state index in [4.69, 9.17) is 9.15 Å². The van der Waals surface area contributed by atoms with Crippen molar-refractivity contribution in [2.45, 2.75) is 45.6 Å². The van der Waals surface area contributed by atoms with Gasteiger partial charge in [0.15, 0.2) is 6.61 Å². The maximum absolute atomic E-state index is 12.3. The molecule has 1 fully saturated rings. The van der Waals surface area contributed by atoms with E-state index in [1.165, 1.54) is 6.42 Å². The Bertz CT molecular complexity index is 798. The molecule has 1 amide bonds. The number of aryl methyl sites for hydroxylation is 1. The fraction of sp³-hybridized carbons (Fsp3) is 0.474. The van der Waals surface area contributed by atoms with Crippen molar-refractivity contribution in [1.82, 2.24) is 5.32 Å². The standard InChI is InChI=1S/C19H22BrNO4/c1-11-5-3-4-6-15(11)21-17(22)10-24-19(23)18-12(2)14-9-13(20)7-8-16(14)25-18/h7-9,11,15H,3-6,10H2,1-2H3,(H,21,22)/t11-,15+/m1/s1. The largest absolute Gasteiger partial charge is 0.450 e. The molecule has 6 heteroatoms. The second kappa shape index (κ2) is 7.60. The molecule has 5 nitrogen and oxygen atoms in total. The summed E-state index contributed by atoms with van der Waals surface area (Å²) in [4.78, 5) is 24.3. The number of halogens is 1. The molecule has 0 spiro atoms. The summed E-state index contributed by atoms with van der Waals surface area (Å²) in [5, 5.41) is 3.82. The molecule has 2 aromatic rings. The summed E-state index contributed by atoms with van der Waals surface area (Å²) < 4.78 is 11.6. The fourth-order valence-electron chi connectivity index (χ4n) is 3.36. The molecule has 0 bridgehead atoms. The summed E-state index contributed by atoms with van der Waals surface area (Å²) >= 11 is 3.40. The van der Waals surface area contributed by atoms with E-state index in [1.807, 2.05) is 12.1 Å². The summed E-state index contributed by atoms with van der Waals surface area (Å²) in [6.45, 7) is 3.66. The summed E-state index contributed by atoms with van der Waals surface area (Å²) in [6.07, 6.45) is 4.45. The van der Waals surface area contributed by atoms with E-state index in [0.717, 1.165) is 29.1 Å². The Morgan fingerprint density at radius 3 is 2.84 bits per heavy atom. The monoisotopic (exact) mass is 407 g/mol. The molecule has 2 atom stereocenters. The SMILES string of the molecule is Cc1c(C(=O)OCC(=O)N[C@H]2CCCC[C@H]2C)oc2ccc(Br)cc12. The van der Waals surface area contributed by atoms with Gasteiger partial charge < -0.3 is 14.5 Å². The van der Waals surface area contributed by atoms with Crippen molar-refractivity contribution in [3.8, 4) is 0 Å². The number of furan rings is 1. The number of benzene rings is 1. The molecule has 0 unspecified atom stereocenters. The van der Waals surface area contributed by atoms with Crippen LogP contribution in [0.4, 0.5) is 0 Å². The third-order valence-electron chi connectivity index (χ3n) is 4.88. The number of carbonyl (C=O) groups excluding carboxylic acids is 2. The van der Waals surface area contributed by atoms with Crippen LogP contribution in [-0.4, -0.2) is 24.5 Å². The van der Waals surface area contributed by atoms with E-state index in [0.29, 0.717) is 17.1 Å². The summed E-state index contributed by atoms with van der Waals surface area (Å²) in [7, 11) is 0. The van der Waals surface area contributed by atoms with E-state index in [-0.39, 0.29) is 24.3 Å². The van der Waals surface area contributed by atoms with Crippen molar-refractivity contribution >= 4 is 38.8 Å². The van der Waals surface area contributed by atoms with Crippen LogP contribution in [0.25, 0.3) is 11.0 Å². The van der Waals surface area contributed by atoms with E-state index in [9.17, 15) is 9.59 Å². The fourth-order valence-corrected chi connectivity index (χ4v) is 3.72. The molecule has 0 radical (unpaired) electrons. The van der Waals surface area contributed by atoms with Gasteiger partial charge in [-0.3, -0.25) is 4.79 Å². The van der Waals surface area contributed by atoms with Gasteiger partial charge >= 0.3 is 5.97 Å². The van der Waals surface area contributed by atoms with Crippen LogP contribution in [0.1, 0.15) is 48.7 Å². The van der Waals surface area contributed by atoms with Crippen LogP contribution in [0.3, 0.4) is 0 Å². The highest BCUT2D eigenvalue weighted by Gasteiger charge is 2.24. The number of esters is 1. The molecule has 1 aromatic carbocycles. The average molecular weight is 408 g/mol. The molecule has 1 N–H and O–H groups in total. The van der Waals surface area contributed by atoms with Crippen LogP contribution in [0, 0.1) is 12.8 Å². The molecule has 1 saturated carbocycles. The Labute approximate surface area is 155 Å². The van der Waals surface area contributed by atoms with E-state index in [1.54, 1.807) is 13.0 Å². The van der Waals surface area contributed by atoms with Crippen molar-refractivity contribution in [2.24, 2.45) is 5.92 Å². The maximum Gasteiger partial charge on any atom is 0.375 e. The van der Waals surface area contributed by atoms with Gasteiger partial charge in [-0.15, -0.1) is 0 Å². The Balaban J connectivity index is 1.61. The average Bonchev–Trinajstić information content (AvgIpc) is 2.91. The molecule has 1 heterocycles. The zero-order valence-electron chi connectivity index (χ0n) is 14.4. The van der Waals surface area contributed by atoms with Gasteiger partial charge in [0.2, 0.25) is 5.76 Å². The van der Waals surface area contributed by atoms with Gasteiger partial charge in [-0.1, -0.05) is 35.7 Å². The molecule has 0 aliphatic heterocycles. The van der Waals surface area contributed by atoms with Crippen LogP contribution < -0.4 is 5.32 Å². The zero-order valence-corrected chi connectivity index (χ0v) is 16.0. The molecular weight excluding hydrogens is 386 g/mol. The minimum atomic E-state index is -0.614. The molecule has 1 aliphatic rings. The highest BCUT2D eigenvalue weighted by Crippen LogP contribution is 2.28. The highest BCUT2D eigenvalue weighted by molar-refractivity contribution is 9.10. The Hall–Kier alpha value is -1.82. The molecule has 25 heavy (non-hydrogen) atoms. The summed E-state index contributed by atoms with van der Waals surface area (Å²) in [5.74, 6) is -0.267. The van der Waals surface area contributed by atoms with E-state index in [2.05, 4.69) is 28.2 Å². The lowest BCUT2D eigenvalue weighted by molar-refractivity contribution is -0.125. The molecule has 134 valence electrons. The number of ether oxygens (including phenoxy) is 1. The highest BCUT2D eigenvalue weighted by atomic mass is 79.9. The van der Waals surface area contributed by atoms with Gasteiger partial charge in [-0.05, 0) is 43.9 Å². The first kappa shape index (κ1) is 18.0. The second-order valence-electron chi connectivity index (χ2n) is 6.71. The van der Waals surface area contributed by atoms with Crippen LogP contribution in [-0.2, 0) is 9.53 Å². The number of fused-ring (bicyclic) bond motifs is 1. The van der Waals surface area contributed by atoms with Gasteiger partial charge in [-0.25, -0.2) is 4.79 Å².